The lowest BCUT2D eigenvalue weighted by molar-refractivity contribution is -0.130. The first-order valence-corrected chi connectivity index (χ1v) is 8.55. The minimum Gasteiger partial charge on any atom is -0.354 e. The average Bonchev–Trinajstić information content (AvgIpc) is 3.07. The van der Waals surface area contributed by atoms with Gasteiger partial charge in [0.15, 0.2) is 0 Å². The van der Waals surface area contributed by atoms with Gasteiger partial charge in [-0.2, -0.15) is 0 Å². The molecular weight excluding hydrogens is 298 g/mol. The van der Waals surface area contributed by atoms with Gasteiger partial charge in [-0.1, -0.05) is 6.07 Å². The topological polar surface area (TPSA) is 52.7 Å². The lowest BCUT2D eigenvalue weighted by atomic mass is 10.1. The van der Waals surface area contributed by atoms with Crippen LogP contribution < -0.4 is 5.32 Å². The molecular formula is C16H25N3O2S. The average molecular weight is 323 g/mol. The van der Waals surface area contributed by atoms with Crippen LogP contribution >= 0.6 is 11.3 Å². The van der Waals surface area contributed by atoms with Crippen molar-refractivity contribution in [3.8, 4) is 0 Å². The third-order valence-electron chi connectivity index (χ3n) is 4.12. The SMILES string of the molecule is CC(C)N1C[C@H](C(=O)NC[C@@H](c2cccs2)N(C)C)CC1=O. The van der Waals surface area contributed by atoms with E-state index in [0.29, 0.717) is 19.5 Å². The summed E-state index contributed by atoms with van der Waals surface area (Å²) in [6.45, 7) is 5.07. The molecule has 0 aromatic carbocycles. The van der Waals surface area contributed by atoms with Crippen LogP contribution in [0.2, 0.25) is 0 Å². The highest BCUT2D eigenvalue weighted by atomic mass is 32.1. The Kier molecular flexibility index (Phi) is 5.58. The smallest absolute Gasteiger partial charge is 0.225 e. The van der Waals surface area contributed by atoms with Crippen LogP contribution in [0.5, 0.6) is 0 Å². The Bertz CT molecular complexity index is 513. The standard InChI is InChI=1S/C16H25N3O2S/c1-11(2)19-10-12(8-15(19)20)16(21)17-9-13(18(3)4)14-6-5-7-22-14/h5-7,11-13H,8-10H2,1-4H3,(H,17,21)/t12-,13+/m1/s1. The molecule has 1 aromatic rings. The molecule has 1 fully saturated rings. The second-order valence-electron chi connectivity index (χ2n) is 6.28. The molecule has 2 atom stereocenters. The Balaban J connectivity index is 1.91. The summed E-state index contributed by atoms with van der Waals surface area (Å²) in [6, 6.07) is 4.43. The largest absolute Gasteiger partial charge is 0.354 e. The van der Waals surface area contributed by atoms with Gasteiger partial charge in [0.1, 0.15) is 0 Å². The third-order valence-corrected chi connectivity index (χ3v) is 5.09. The van der Waals surface area contributed by atoms with Gasteiger partial charge in [0.25, 0.3) is 0 Å². The van der Waals surface area contributed by atoms with Crippen LogP contribution in [0.1, 0.15) is 31.2 Å². The van der Waals surface area contributed by atoms with E-state index in [2.05, 4.69) is 16.3 Å². The monoisotopic (exact) mass is 323 g/mol. The lowest BCUT2D eigenvalue weighted by Gasteiger charge is -2.24. The van der Waals surface area contributed by atoms with Crippen LogP contribution in [0, 0.1) is 5.92 Å². The van der Waals surface area contributed by atoms with Crippen LogP contribution in [-0.4, -0.2) is 54.8 Å². The van der Waals surface area contributed by atoms with E-state index in [1.807, 2.05) is 39.4 Å². The number of rotatable bonds is 6. The molecule has 0 unspecified atom stereocenters. The van der Waals surface area contributed by atoms with Gasteiger partial charge in [0.05, 0.1) is 12.0 Å². The predicted octanol–water partition coefficient (Wildman–Crippen LogP) is 1.72. The van der Waals surface area contributed by atoms with Crippen molar-refractivity contribution in [2.45, 2.75) is 32.4 Å². The van der Waals surface area contributed by atoms with Crippen LogP contribution in [0.3, 0.4) is 0 Å². The van der Waals surface area contributed by atoms with Crippen molar-refractivity contribution in [1.29, 1.82) is 0 Å². The fourth-order valence-corrected chi connectivity index (χ4v) is 3.69. The van der Waals surface area contributed by atoms with Crippen molar-refractivity contribution in [3.63, 3.8) is 0 Å². The van der Waals surface area contributed by atoms with Gasteiger partial charge in [-0.3, -0.25) is 9.59 Å². The first-order chi connectivity index (χ1) is 10.4. The van der Waals surface area contributed by atoms with Gasteiger partial charge in [-0.25, -0.2) is 0 Å². The van der Waals surface area contributed by atoms with Gasteiger partial charge in [-0.15, -0.1) is 11.3 Å². The second-order valence-corrected chi connectivity index (χ2v) is 7.26. The molecule has 122 valence electrons. The fourth-order valence-electron chi connectivity index (χ4n) is 2.77. The molecule has 0 aliphatic carbocycles. The zero-order valence-corrected chi connectivity index (χ0v) is 14.5. The van der Waals surface area contributed by atoms with Gasteiger partial charge < -0.3 is 15.1 Å². The molecule has 2 rings (SSSR count). The van der Waals surface area contributed by atoms with Crippen molar-refractivity contribution < 1.29 is 9.59 Å². The van der Waals surface area contributed by atoms with E-state index in [1.54, 1.807) is 16.2 Å². The van der Waals surface area contributed by atoms with Gasteiger partial charge >= 0.3 is 0 Å². The molecule has 1 aliphatic heterocycles. The summed E-state index contributed by atoms with van der Waals surface area (Å²) < 4.78 is 0. The highest BCUT2D eigenvalue weighted by molar-refractivity contribution is 7.10. The quantitative estimate of drug-likeness (QED) is 0.867. The Morgan fingerprint density at radius 3 is 2.73 bits per heavy atom. The molecule has 1 aromatic heterocycles. The molecule has 1 saturated heterocycles. The van der Waals surface area contributed by atoms with Crippen LogP contribution in [0.25, 0.3) is 0 Å². The summed E-state index contributed by atoms with van der Waals surface area (Å²) in [5, 5.41) is 5.07. The molecule has 0 spiro atoms. The number of thiophene rings is 1. The normalized spacial score (nSPS) is 20.0. The predicted molar refractivity (Wildman–Crippen MR) is 88.7 cm³/mol. The Hall–Kier alpha value is -1.40. The number of hydrogen-bond acceptors (Lipinski definition) is 4. The Labute approximate surface area is 136 Å². The number of amides is 2. The number of carbonyl (C=O) groups is 2. The zero-order chi connectivity index (χ0) is 16.3. The maximum Gasteiger partial charge on any atom is 0.225 e. The summed E-state index contributed by atoms with van der Waals surface area (Å²) in [4.78, 5) is 29.4. The first-order valence-electron chi connectivity index (χ1n) is 7.67. The zero-order valence-electron chi connectivity index (χ0n) is 13.7. The number of carbonyl (C=O) groups excluding carboxylic acids is 2. The fraction of sp³-hybridized carbons (Fsp3) is 0.625. The molecule has 0 bridgehead atoms. The van der Waals surface area contributed by atoms with Crippen molar-refractivity contribution in [3.05, 3.63) is 22.4 Å². The lowest BCUT2D eigenvalue weighted by Crippen LogP contribution is -2.39. The van der Waals surface area contributed by atoms with E-state index in [1.165, 1.54) is 4.88 Å². The van der Waals surface area contributed by atoms with E-state index in [0.717, 1.165) is 0 Å². The Morgan fingerprint density at radius 1 is 1.50 bits per heavy atom. The molecule has 1 N–H and O–H groups in total. The molecule has 0 radical (unpaired) electrons. The van der Waals surface area contributed by atoms with Gasteiger partial charge in [0.2, 0.25) is 11.8 Å². The highest BCUT2D eigenvalue weighted by Crippen LogP contribution is 2.23. The number of hydrogen-bond donors (Lipinski definition) is 1. The van der Waals surface area contributed by atoms with Crippen LogP contribution in [-0.2, 0) is 9.59 Å². The van der Waals surface area contributed by atoms with Crippen LogP contribution in [0.15, 0.2) is 17.5 Å². The molecule has 6 heteroatoms. The number of likely N-dealkylation sites (tertiary alicyclic amines) is 1. The highest BCUT2D eigenvalue weighted by Gasteiger charge is 2.35. The van der Waals surface area contributed by atoms with E-state index in [9.17, 15) is 9.59 Å². The first kappa shape index (κ1) is 17.0. The van der Waals surface area contributed by atoms with Gasteiger partial charge in [0, 0.05) is 30.4 Å². The molecule has 1 aliphatic rings. The molecule has 5 nitrogen and oxygen atoms in total. The maximum atomic E-state index is 12.4. The van der Waals surface area contributed by atoms with Crippen molar-refractivity contribution in [1.82, 2.24) is 15.1 Å². The third kappa shape index (κ3) is 3.87. The maximum absolute atomic E-state index is 12.4. The van der Waals surface area contributed by atoms with Crippen LogP contribution in [0.4, 0.5) is 0 Å². The molecule has 0 saturated carbocycles. The summed E-state index contributed by atoms with van der Waals surface area (Å²) in [5.41, 5.74) is 0. The molecule has 22 heavy (non-hydrogen) atoms. The van der Waals surface area contributed by atoms with Crippen molar-refractivity contribution in [2.24, 2.45) is 5.92 Å². The summed E-state index contributed by atoms with van der Waals surface area (Å²) in [5.74, 6) is -0.154. The van der Waals surface area contributed by atoms with E-state index in [-0.39, 0.29) is 29.8 Å². The van der Waals surface area contributed by atoms with E-state index in [4.69, 9.17) is 0 Å². The summed E-state index contributed by atoms with van der Waals surface area (Å²) >= 11 is 1.69. The second kappa shape index (κ2) is 7.24. The van der Waals surface area contributed by atoms with Crippen molar-refractivity contribution in [2.75, 3.05) is 27.2 Å². The summed E-state index contributed by atoms with van der Waals surface area (Å²) in [6.07, 6.45) is 0.329. The number of nitrogens with one attached hydrogen (secondary N) is 1. The van der Waals surface area contributed by atoms with E-state index < -0.39 is 0 Å². The van der Waals surface area contributed by atoms with E-state index >= 15 is 0 Å². The Morgan fingerprint density at radius 2 is 2.23 bits per heavy atom. The van der Waals surface area contributed by atoms with Gasteiger partial charge in [-0.05, 0) is 39.4 Å². The molecule has 2 amide bonds. The number of nitrogens with zero attached hydrogens (tertiary/aromatic N) is 2. The minimum atomic E-state index is -0.221. The summed E-state index contributed by atoms with van der Waals surface area (Å²) in [7, 11) is 4.02. The number of likely N-dealkylation sites (N-methyl/N-ethyl adjacent to an activating group) is 1. The molecule has 2 heterocycles. The van der Waals surface area contributed by atoms with Crippen molar-refractivity contribution >= 4 is 23.2 Å². The minimum absolute atomic E-state index is 0.0140.